The molecule has 26 heavy (non-hydrogen) atoms. The maximum atomic E-state index is 12.2. The van der Waals surface area contributed by atoms with Crippen LogP contribution < -0.4 is 5.32 Å². The number of hydrogen-bond donors (Lipinski definition) is 1. The Morgan fingerprint density at radius 1 is 1.42 bits per heavy atom. The lowest BCUT2D eigenvalue weighted by molar-refractivity contribution is -0.128. The standard InChI is InChI=1S/C16H17N7O3/c1-9-18-16(26-21-9)10-3-4-23-12(5-10)19-20-13(23)7-17-15(25)11-6-14(24)22(2)8-11/h3-5,11H,6-8H2,1-2H3,(H,17,25)/t11-/m0/s1. The summed E-state index contributed by atoms with van der Waals surface area (Å²) in [4.78, 5) is 29.5. The molecule has 1 saturated heterocycles. The highest BCUT2D eigenvalue weighted by Gasteiger charge is 2.32. The van der Waals surface area contributed by atoms with Gasteiger partial charge in [0.15, 0.2) is 17.3 Å². The number of rotatable bonds is 4. The molecule has 1 fully saturated rings. The van der Waals surface area contributed by atoms with E-state index >= 15 is 0 Å². The molecule has 0 unspecified atom stereocenters. The van der Waals surface area contributed by atoms with Crippen LogP contribution in [0.2, 0.25) is 0 Å². The third-order valence-electron chi connectivity index (χ3n) is 4.39. The van der Waals surface area contributed by atoms with Gasteiger partial charge >= 0.3 is 0 Å². The van der Waals surface area contributed by atoms with Crippen LogP contribution in [0.25, 0.3) is 17.1 Å². The summed E-state index contributed by atoms with van der Waals surface area (Å²) in [7, 11) is 1.70. The molecule has 0 aromatic carbocycles. The van der Waals surface area contributed by atoms with Crippen LogP contribution in [-0.4, -0.2) is 55.0 Å². The highest BCUT2D eigenvalue weighted by molar-refractivity contribution is 5.89. The lowest BCUT2D eigenvalue weighted by atomic mass is 10.1. The zero-order chi connectivity index (χ0) is 18.3. The third-order valence-corrected chi connectivity index (χ3v) is 4.39. The fourth-order valence-corrected chi connectivity index (χ4v) is 2.96. The predicted octanol–water partition coefficient (Wildman–Crippen LogP) is 0.182. The number of carbonyl (C=O) groups is 2. The molecule has 1 N–H and O–H groups in total. The van der Waals surface area contributed by atoms with Crippen molar-refractivity contribution in [3.05, 3.63) is 30.0 Å². The number of aryl methyl sites for hydroxylation is 1. The monoisotopic (exact) mass is 355 g/mol. The van der Waals surface area contributed by atoms with Crippen molar-refractivity contribution in [2.45, 2.75) is 19.9 Å². The summed E-state index contributed by atoms with van der Waals surface area (Å²) in [5.74, 6) is 1.08. The molecule has 10 nitrogen and oxygen atoms in total. The molecule has 4 heterocycles. The van der Waals surface area contributed by atoms with E-state index in [1.54, 1.807) is 35.5 Å². The summed E-state index contributed by atoms with van der Waals surface area (Å²) < 4.78 is 6.93. The number of aromatic nitrogens is 5. The van der Waals surface area contributed by atoms with Crippen LogP contribution in [0.15, 0.2) is 22.9 Å². The molecule has 10 heteroatoms. The van der Waals surface area contributed by atoms with Gasteiger partial charge in [-0.15, -0.1) is 10.2 Å². The van der Waals surface area contributed by atoms with Crippen molar-refractivity contribution in [1.82, 2.24) is 35.0 Å². The fraction of sp³-hybridized carbons (Fsp3) is 0.375. The Kier molecular flexibility index (Phi) is 3.86. The molecule has 3 aromatic rings. The largest absolute Gasteiger partial charge is 0.348 e. The normalized spacial score (nSPS) is 17.2. The van der Waals surface area contributed by atoms with Gasteiger partial charge in [-0.3, -0.25) is 14.0 Å². The Labute approximate surface area is 148 Å². The fourth-order valence-electron chi connectivity index (χ4n) is 2.96. The van der Waals surface area contributed by atoms with Crippen LogP contribution in [0.5, 0.6) is 0 Å². The van der Waals surface area contributed by atoms with Gasteiger partial charge in [0.2, 0.25) is 11.8 Å². The second kappa shape index (κ2) is 6.21. The van der Waals surface area contributed by atoms with Crippen molar-refractivity contribution in [3.63, 3.8) is 0 Å². The third kappa shape index (κ3) is 2.89. The first-order valence-corrected chi connectivity index (χ1v) is 8.17. The van der Waals surface area contributed by atoms with Gasteiger partial charge in [0.05, 0.1) is 12.5 Å². The maximum absolute atomic E-state index is 12.2. The van der Waals surface area contributed by atoms with Crippen LogP contribution in [0.1, 0.15) is 18.1 Å². The highest BCUT2D eigenvalue weighted by atomic mass is 16.5. The summed E-state index contributed by atoms with van der Waals surface area (Å²) >= 11 is 0. The number of amides is 2. The van der Waals surface area contributed by atoms with Crippen LogP contribution in [-0.2, 0) is 16.1 Å². The molecule has 0 radical (unpaired) electrons. The Morgan fingerprint density at radius 3 is 2.96 bits per heavy atom. The molecule has 2 amide bonds. The van der Waals surface area contributed by atoms with Crippen LogP contribution >= 0.6 is 0 Å². The number of nitrogens with zero attached hydrogens (tertiary/aromatic N) is 6. The second-order valence-corrected chi connectivity index (χ2v) is 6.30. The zero-order valence-electron chi connectivity index (χ0n) is 14.3. The molecule has 0 spiro atoms. The summed E-state index contributed by atoms with van der Waals surface area (Å²) in [6.07, 6.45) is 2.04. The Morgan fingerprint density at radius 2 is 2.27 bits per heavy atom. The number of carbonyl (C=O) groups excluding carboxylic acids is 2. The highest BCUT2D eigenvalue weighted by Crippen LogP contribution is 2.19. The van der Waals surface area contributed by atoms with Gasteiger partial charge < -0.3 is 14.7 Å². The minimum Gasteiger partial charge on any atom is -0.348 e. The smallest absolute Gasteiger partial charge is 0.258 e. The molecular formula is C16H17N7O3. The van der Waals surface area contributed by atoms with E-state index in [0.29, 0.717) is 29.7 Å². The van der Waals surface area contributed by atoms with Crippen LogP contribution in [0, 0.1) is 12.8 Å². The quantitative estimate of drug-likeness (QED) is 0.709. The molecule has 134 valence electrons. The van der Waals surface area contributed by atoms with E-state index in [2.05, 4.69) is 25.7 Å². The van der Waals surface area contributed by atoms with Gasteiger partial charge in [-0.2, -0.15) is 4.98 Å². The second-order valence-electron chi connectivity index (χ2n) is 6.30. The van der Waals surface area contributed by atoms with E-state index in [1.165, 1.54) is 0 Å². The van der Waals surface area contributed by atoms with Gasteiger partial charge in [-0.05, 0) is 19.1 Å². The van der Waals surface area contributed by atoms with E-state index in [0.717, 1.165) is 5.56 Å². The average Bonchev–Trinajstić information content (AvgIpc) is 3.32. The van der Waals surface area contributed by atoms with E-state index in [1.807, 2.05) is 6.07 Å². The first-order chi connectivity index (χ1) is 12.5. The SMILES string of the molecule is Cc1noc(-c2ccn3c(CNC(=O)[C@H]4CC(=O)N(C)C4)nnc3c2)n1. The number of fused-ring (bicyclic) bond motifs is 1. The van der Waals surface area contributed by atoms with Gasteiger partial charge in [-0.25, -0.2) is 0 Å². The summed E-state index contributed by atoms with van der Waals surface area (Å²) in [5, 5.41) is 14.8. The minimum absolute atomic E-state index is 0.0122. The van der Waals surface area contributed by atoms with Crippen LogP contribution in [0.4, 0.5) is 0 Å². The molecule has 1 aliphatic heterocycles. The average molecular weight is 355 g/mol. The number of nitrogens with one attached hydrogen (secondary N) is 1. The lowest BCUT2D eigenvalue weighted by Gasteiger charge is -2.10. The molecular weight excluding hydrogens is 338 g/mol. The maximum Gasteiger partial charge on any atom is 0.258 e. The van der Waals surface area contributed by atoms with Crippen molar-refractivity contribution in [2.24, 2.45) is 5.92 Å². The van der Waals surface area contributed by atoms with Crippen molar-refractivity contribution in [2.75, 3.05) is 13.6 Å². The molecule has 3 aromatic heterocycles. The van der Waals surface area contributed by atoms with Gasteiger partial charge in [0.25, 0.3) is 5.89 Å². The molecule has 0 bridgehead atoms. The van der Waals surface area contributed by atoms with Gasteiger partial charge in [0, 0.05) is 31.8 Å². The summed E-state index contributed by atoms with van der Waals surface area (Å²) in [6.45, 7) is 2.42. The Balaban J connectivity index is 1.47. The Hall–Kier alpha value is -3.30. The Bertz CT molecular complexity index is 993. The van der Waals surface area contributed by atoms with E-state index in [9.17, 15) is 9.59 Å². The first-order valence-electron chi connectivity index (χ1n) is 8.17. The first kappa shape index (κ1) is 16.2. The van der Waals surface area contributed by atoms with E-state index < -0.39 is 0 Å². The number of hydrogen-bond acceptors (Lipinski definition) is 7. The van der Waals surface area contributed by atoms with Gasteiger partial charge in [0.1, 0.15) is 0 Å². The lowest BCUT2D eigenvalue weighted by Crippen LogP contribution is -2.32. The molecule has 0 aliphatic carbocycles. The van der Waals surface area contributed by atoms with Gasteiger partial charge in [-0.1, -0.05) is 5.16 Å². The topological polar surface area (TPSA) is 119 Å². The molecule has 1 atom stereocenters. The summed E-state index contributed by atoms with van der Waals surface area (Å²) in [5.41, 5.74) is 1.35. The molecule has 0 saturated carbocycles. The summed E-state index contributed by atoms with van der Waals surface area (Å²) in [6, 6.07) is 3.61. The van der Waals surface area contributed by atoms with E-state index in [4.69, 9.17) is 4.52 Å². The minimum atomic E-state index is -0.320. The number of pyridine rings is 1. The van der Waals surface area contributed by atoms with Crippen molar-refractivity contribution in [3.8, 4) is 11.5 Å². The zero-order valence-corrected chi connectivity index (χ0v) is 14.3. The van der Waals surface area contributed by atoms with E-state index in [-0.39, 0.29) is 30.7 Å². The van der Waals surface area contributed by atoms with Crippen molar-refractivity contribution in [1.29, 1.82) is 0 Å². The van der Waals surface area contributed by atoms with Crippen molar-refractivity contribution >= 4 is 17.5 Å². The predicted molar refractivity (Wildman–Crippen MR) is 88.6 cm³/mol. The molecule has 4 rings (SSSR count). The molecule has 1 aliphatic rings. The van der Waals surface area contributed by atoms with Crippen molar-refractivity contribution < 1.29 is 14.1 Å². The van der Waals surface area contributed by atoms with Crippen LogP contribution in [0.3, 0.4) is 0 Å². The number of likely N-dealkylation sites (tertiary alicyclic amines) is 1.